The van der Waals surface area contributed by atoms with Crippen molar-refractivity contribution in [2.24, 2.45) is 10.8 Å². The monoisotopic (exact) mass is 281 g/mol. The fourth-order valence-electron chi connectivity index (χ4n) is 1.74. The van der Waals surface area contributed by atoms with E-state index in [2.05, 4.69) is 10.5 Å². The highest BCUT2D eigenvalue weighted by atomic mass is 19.1. The van der Waals surface area contributed by atoms with Crippen molar-refractivity contribution in [3.05, 3.63) is 53.0 Å². The van der Waals surface area contributed by atoms with Gasteiger partial charge in [-0.25, -0.2) is 13.2 Å². The van der Waals surface area contributed by atoms with Gasteiger partial charge in [-0.15, -0.1) is 0 Å². The molecule has 4 nitrogen and oxygen atoms in total. The van der Waals surface area contributed by atoms with Gasteiger partial charge in [0.25, 0.3) is 5.91 Å². The number of hydrogen-bond donors (Lipinski definition) is 2. The molecule has 0 fully saturated rings. The van der Waals surface area contributed by atoms with Crippen LogP contribution in [0.3, 0.4) is 0 Å². The van der Waals surface area contributed by atoms with Crippen LogP contribution < -0.4 is 11.2 Å². The van der Waals surface area contributed by atoms with Crippen molar-refractivity contribution >= 4 is 17.2 Å². The number of hydrazone groups is 1. The average Bonchev–Trinajstić information content (AvgIpc) is 2.34. The number of rotatable bonds is 2. The van der Waals surface area contributed by atoms with Crippen LogP contribution in [0, 0.1) is 17.5 Å². The highest BCUT2D eigenvalue weighted by Crippen LogP contribution is 2.26. The van der Waals surface area contributed by atoms with Gasteiger partial charge in [0.05, 0.1) is 22.5 Å². The number of primary amides is 1. The molecule has 0 saturated carbocycles. The Bertz CT molecular complexity index is 654. The number of hydrogen-bond acceptors (Lipinski definition) is 3. The molecule has 104 valence electrons. The molecule has 0 spiro atoms. The summed E-state index contributed by atoms with van der Waals surface area (Å²) in [6.07, 6.45) is 2.94. The predicted octanol–water partition coefficient (Wildman–Crippen LogP) is 1.84. The molecule has 1 aliphatic heterocycles. The lowest BCUT2D eigenvalue weighted by atomic mass is 10.0. The largest absolute Gasteiger partial charge is 0.366 e. The van der Waals surface area contributed by atoms with Crippen LogP contribution in [0.1, 0.15) is 12.5 Å². The fourth-order valence-corrected chi connectivity index (χ4v) is 1.74. The second-order valence-electron chi connectivity index (χ2n) is 4.10. The first-order chi connectivity index (χ1) is 9.40. The average molecular weight is 281 g/mol. The van der Waals surface area contributed by atoms with Gasteiger partial charge in [-0.2, -0.15) is 5.10 Å². The lowest BCUT2D eigenvalue weighted by molar-refractivity contribution is -0.112. The van der Waals surface area contributed by atoms with Crippen molar-refractivity contribution in [3.63, 3.8) is 0 Å². The summed E-state index contributed by atoms with van der Waals surface area (Å²) in [5.41, 5.74) is 7.15. The van der Waals surface area contributed by atoms with Gasteiger partial charge in [-0.05, 0) is 19.1 Å². The van der Waals surface area contributed by atoms with Crippen molar-refractivity contribution in [1.82, 2.24) is 5.43 Å². The molecule has 0 aliphatic carbocycles. The third kappa shape index (κ3) is 2.56. The Morgan fingerprint density at radius 1 is 1.20 bits per heavy atom. The smallest absolute Gasteiger partial charge is 0.251 e. The predicted molar refractivity (Wildman–Crippen MR) is 67.8 cm³/mol. The molecule has 0 saturated heterocycles. The van der Waals surface area contributed by atoms with Gasteiger partial charge in [-0.3, -0.25) is 10.2 Å². The van der Waals surface area contributed by atoms with Crippen LogP contribution in [0.2, 0.25) is 0 Å². The molecule has 7 heteroatoms. The van der Waals surface area contributed by atoms with Crippen LogP contribution in [-0.4, -0.2) is 11.6 Å². The second kappa shape index (κ2) is 5.20. The first-order valence-electron chi connectivity index (χ1n) is 5.57. The third-order valence-corrected chi connectivity index (χ3v) is 2.62. The minimum absolute atomic E-state index is 0.0347. The molecule has 0 radical (unpaired) electrons. The van der Waals surface area contributed by atoms with E-state index in [1.165, 1.54) is 12.2 Å². The van der Waals surface area contributed by atoms with E-state index in [-0.39, 0.29) is 5.70 Å². The minimum atomic E-state index is -1.22. The number of nitrogens with two attached hydrogens (primary N) is 1. The van der Waals surface area contributed by atoms with E-state index in [9.17, 15) is 18.0 Å². The highest BCUT2D eigenvalue weighted by molar-refractivity contribution is 6.20. The van der Waals surface area contributed by atoms with E-state index < -0.39 is 34.5 Å². The lowest BCUT2D eigenvalue weighted by Crippen LogP contribution is -2.22. The van der Waals surface area contributed by atoms with E-state index in [0.717, 1.165) is 0 Å². The summed E-state index contributed by atoms with van der Waals surface area (Å²) < 4.78 is 40.4. The van der Waals surface area contributed by atoms with E-state index in [1.54, 1.807) is 6.92 Å². The van der Waals surface area contributed by atoms with Gasteiger partial charge in [0.2, 0.25) is 0 Å². The summed E-state index contributed by atoms with van der Waals surface area (Å²) in [6.45, 7) is 1.68. The van der Waals surface area contributed by atoms with Crippen molar-refractivity contribution in [2.45, 2.75) is 6.92 Å². The number of halogens is 3. The normalized spacial score (nSPS) is 16.5. The van der Waals surface area contributed by atoms with Crippen LogP contribution in [0.15, 0.2) is 35.1 Å². The van der Waals surface area contributed by atoms with Crippen molar-refractivity contribution < 1.29 is 18.0 Å². The molecule has 1 aliphatic rings. The Kier molecular flexibility index (Phi) is 3.60. The molecule has 20 heavy (non-hydrogen) atoms. The maximum absolute atomic E-state index is 13.7. The molecular formula is C13H10F3N3O. The maximum atomic E-state index is 13.7. The van der Waals surface area contributed by atoms with E-state index in [4.69, 9.17) is 5.73 Å². The molecule has 3 N–H and O–H groups in total. The molecule has 0 aromatic heterocycles. The summed E-state index contributed by atoms with van der Waals surface area (Å²) in [7, 11) is 0. The van der Waals surface area contributed by atoms with Gasteiger partial charge in [0.15, 0.2) is 0 Å². The van der Waals surface area contributed by atoms with Crippen LogP contribution in [0.5, 0.6) is 0 Å². The molecule has 1 heterocycles. The maximum Gasteiger partial charge on any atom is 0.251 e. The Hall–Kier alpha value is -2.57. The molecule has 0 bridgehead atoms. The first-order valence-corrected chi connectivity index (χ1v) is 5.57. The number of nitrogens with zero attached hydrogens (tertiary/aromatic N) is 1. The summed E-state index contributed by atoms with van der Waals surface area (Å²) in [6, 6.07) is 0.950. The molecule has 2 rings (SSSR count). The fraction of sp³-hybridized carbons (Fsp3) is 0.0769. The third-order valence-electron chi connectivity index (χ3n) is 2.62. The van der Waals surface area contributed by atoms with Crippen LogP contribution >= 0.6 is 0 Å². The topological polar surface area (TPSA) is 67.5 Å². The van der Waals surface area contributed by atoms with E-state index in [1.807, 2.05) is 0 Å². The van der Waals surface area contributed by atoms with Gasteiger partial charge in [-0.1, -0.05) is 0 Å². The summed E-state index contributed by atoms with van der Waals surface area (Å²) in [4.78, 5) is 11.5. The molecule has 0 unspecified atom stereocenters. The second-order valence-corrected chi connectivity index (χ2v) is 4.10. The standard InChI is InChI=1S/C13H10F3N3O/c1-6-2-3-10(19-18-6)12(13(17)20)11-8(15)4-7(14)5-9(11)16/h2-5,19H,1H3,(H2,17,20)/b12-10-. The molecular weight excluding hydrogens is 271 g/mol. The zero-order valence-electron chi connectivity index (χ0n) is 10.4. The van der Waals surface area contributed by atoms with Crippen LogP contribution in [0.4, 0.5) is 13.2 Å². The first kappa shape index (κ1) is 13.9. The number of nitrogens with one attached hydrogen (secondary N) is 1. The van der Waals surface area contributed by atoms with Gasteiger partial charge >= 0.3 is 0 Å². The van der Waals surface area contributed by atoms with E-state index in [0.29, 0.717) is 17.8 Å². The zero-order chi connectivity index (χ0) is 14.9. The number of carbonyl (C=O) groups excluding carboxylic acids is 1. The van der Waals surface area contributed by atoms with Crippen LogP contribution in [-0.2, 0) is 4.79 Å². The van der Waals surface area contributed by atoms with Crippen molar-refractivity contribution in [2.75, 3.05) is 0 Å². The quantitative estimate of drug-likeness (QED) is 0.812. The number of carbonyl (C=O) groups is 1. The Labute approximate surface area is 112 Å². The van der Waals surface area contributed by atoms with Gasteiger partial charge in [0, 0.05) is 12.1 Å². The Morgan fingerprint density at radius 3 is 2.25 bits per heavy atom. The minimum Gasteiger partial charge on any atom is -0.366 e. The van der Waals surface area contributed by atoms with Gasteiger partial charge in [0.1, 0.15) is 17.5 Å². The number of benzene rings is 1. The summed E-state index contributed by atoms with van der Waals surface area (Å²) in [5, 5.41) is 3.81. The molecule has 1 aromatic rings. The van der Waals surface area contributed by atoms with Crippen LogP contribution in [0.25, 0.3) is 5.57 Å². The molecule has 1 amide bonds. The highest BCUT2D eigenvalue weighted by Gasteiger charge is 2.23. The number of allylic oxidation sites excluding steroid dienone is 2. The summed E-state index contributed by atoms with van der Waals surface area (Å²) in [5.74, 6) is -4.58. The lowest BCUT2D eigenvalue weighted by Gasteiger charge is -2.14. The van der Waals surface area contributed by atoms with Gasteiger partial charge < -0.3 is 5.73 Å². The van der Waals surface area contributed by atoms with Crippen molar-refractivity contribution in [1.29, 1.82) is 0 Å². The zero-order valence-corrected chi connectivity index (χ0v) is 10.4. The summed E-state index contributed by atoms with van der Waals surface area (Å²) >= 11 is 0. The SMILES string of the molecule is CC1=NN/C(=C(\C(N)=O)c2c(F)cc(F)cc2F)C=C1. The Morgan fingerprint density at radius 2 is 1.80 bits per heavy atom. The molecule has 1 aromatic carbocycles. The number of amides is 1. The molecule has 0 atom stereocenters. The Balaban J connectivity index is 2.66. The van der Waals surface area contributed by atoms with E-state index >= 15 is 0 Å². The van der Waals surface area contributed by atoms with Crippen molar-refractivity contribution in [3.8, 4) is 0 Å².